The van der Waals surface area contributed by atoms with Crippen molar-refractivity contribution >= 4 is 5.97 Å². The number of esters is 1. The van der Waals surface area contributed by atoms with Crippen molar-refractivity contribution in [2.75, 3.05) is 13.2 Å². The Bertz CT molecular complexity index is 174. The van der Waals surface area contributed by atoms with Crippen LogP contribution in [0.5, 0.6) is 0 Å². The van der Waals surface area contributed by atoms with E-state index in [-0.39, 0.29) is 18.8 Å². The van der Waals surface area contributed by atoms with E-state index in [1.165, 1.54) is 0 Å². The third-order valence-electron chi connectivity index (χ3n) is 1.54. The topological polar surface area (TPSA) is 66.8 Å². The molecular formula is C9H16O4. The zero-order valence-electron chi connectivity index (χ0n) is 7.82. The molecule has 0 bridgehead atoms. The van der Waals surface area contributed by atoms with Gasteiger partial charge in [0.15, 0.2) is 0 Å². The molecule has 0 fully saturated rings. The SMILES string of the molecule is CCCCC(=CO)C(=O)OCCO. The lowest BCUT2D eigenvalue weighted by Crippen LogP contribution is -2.11. The van der Waals surface area contributed by atoms with Crippen molar-refractivity contribution in [2.24, 2.45) is 0 Å². The average Bonchev–Trinajstić information content (AvgIpc) is 2.16. The standard InChI is InChI=1S/C9H16O4/c1-2-3-4-8(7-11)9(12)13-6-5-10/h7,10-11H,2-6H2,1H3. The molecule has 0 aromatic rings. The molecule has 0 atom stereocenters. The van der Waals surface area contributed by atoms with Crippen LogP contribution in [0.15, 0.2) is 11.8 Å². The molecule has 0 aliphatic carbocycles. The van der Waals surface area contributed by atoms with Crippen LogP contribution in [0, 0.1) is 0 Å². The molecule has 0 heterocycles. The van der Waals surface area contributed by atoms with Crippen molar-refractivity contribution in [1.82, 2.24) is 0 Å². The minimum Gasteiger partial charge on any atom is -0.515 e. The van der Waals surface area contributed by atoms with Gasteiger partial charge in [-0.2, -0.15) is 0 Å². The highest BCUT2D eigenvalue weighted by molar-refractivity contribution is 5.88. The van der Waals surface area contributed by atoms with Crippen LogP contribution in [0.1, 0.15) is 26.2 Å². The summed E-state index contributed by atoms with van der Waals surface area (Å²) in [6.07, 6.45) is 3.07. The number of hydrogen-bond donors (Lipinski definition) is 2. The summed E-state index contributed by atoms with van der Waals surface area (Å²) in [5.74, 6) is -0.551. The van der Waals surface area contributed by atoms with E-state index in [0.29, 0.717) is 6.42 Å². The average molecular weight is 188 g/mol. The Kier molecular flexibility index (Phi) is 7.01. The Balaban J connectivity index is 3.87. The van der Waals surface area contributed by atoms with E-state index in [1.54, 1.807) is 0 Å². The van der Waals surface area contributed by atoms with Gasteiger partial charge in [-0.15, -0.1) is 0 Å². The van der Waals surface area contributed by atoms with E-state index in [4.69, 9.17) is 10.2 Å². The van der Waals surface area contributed by atoms with Crippen LogP contribution in [-0.4, -0.2) is 29.4 Å². The first-order valence-corrected chi connectivity index (χ1v) is 4.37. The molecule has 0 aromatic heterocycles. The largest absolute Gasteiger partial charge is 0.515 e. The number of aliphatic hydroxyl groups is 2. The molecule has 76 valence electrons. The molecule has 4 nitrogen and oxygen atoms in total. The van der Waals surface area contributed by atoms with Crippen LogP contribution >= 0.6 is 0 Å². The fraction of sp³-hybridized carbons (Fsp3) is 0.667. The molecule has 0 aliphatic rings. The normalized spacial score (nSPS) is 11.4. The summed E-state index contributed by atoms with van der Waals surface area (Å²) in [4.78, 5) is 11.1. The van der Waals surface area contributed by atoms with E-state index in [1.807, 2.05) is 6.92 Å². The third-order valence-corrected chi connectivity index (χ3v) is 1.54. The van der Waals surface area contributed by atoms with Crippen molar-refractivity contribution in [1.29, 1.82) is 0 Å². The molecule has 0 saturated heterocycles. The molecule has 0 aromatic carbocycles. The van der Waals surface area contributed by atoms with E-state index in [2.05, 4.69) is 4.74 Å². The molecule has 4 heteroatoms. The highest BCUT2D eigenvalue weighted by Crippen LogP contribution is 2.08. The molecule has 0 aliphatic heterocycles. The van der Waals surface area contributed by atoms with Gasteiger partial charge in [0.25, 0.3) is 0 Å². The maximum absolute atomic E-state index is 11.1. The minimum atomic E-state index is -0.551. The first kappa shape index (κ1) is 12.0. The lowest BCUT2D eigenvalue weighted by atomic mass is 10.1. The van der Waals surface area contributed by atoms with Gasteiger partial charge in [-0.05, 0) is 12.8 Å². The van der Waals surface area contributed by atoms with E-state index in [9.17, 15) is 4.79 Å². The summed E-state index contributed by atoms with van der Waals surface area (Å²) in [7, 11) is 0. The predicted octanol–water partition coefficient (Wildman–Crippen LogP) is 1.15. The molecule has 0 saturated carbocycles. The van der Waals surface area contributed by atoms with Crippen LogP contribution < -0.4 is 0 Å². The van der Waals surface area contributed by atoms with Crippen LogP contribution in [0.4, 0.5) is 0 Å². The number of unbranched alkanes of at least 4 members (excludes halogenated alkanes) is 1. The molecule has 0 unspecified atom stereocenters. The molecule has 0 spiro atoms. The second-order valence-electron chi connectivity index (χ2n) is 2.62. The van der Waals surface area contributed by atoms with Gasteiger partial charge >= 0.3 is 5.97 Å². The van der Waals surface area contributed by atoms with Gasteiger partial charge in [0, 0.05) is 0 Å². The smallest absolute Gasteiger partial charge is 0.337 e. The summed E-state index contributed by atoms with van der Waals surface area (Å²) in [5, 5.41) is 17.1. The van der Waals surface area contributed by atoms with Crippen molar-refractivity contribution in [3.05, 3.63) is 11.8 Å². The second-order valence-corrected chi connectivity index (χ2v) is 2.62. The summed E-state index contributed by atoms with van der Waals surface area (Å²) < 4.78 is 4.62. The van der Waals surface area contributed by atoms with Crippen molar-refractivity contribution < 1.29 is 19.7 Å². The Morgan fingerprint density at radius 2 is 2.23 bits per heavy atom. The monoisotopic (exact) mass is 188 g/mol. The summed E-state index contributed by atoms with van der Waals surface area (Å²) in [5.41, 5.74) is 0.260. The van der Waals surface area contributed by atoms with E-state index >= 15 is 0 Å². The van der Waals surface area contributed by atoms with Crippen LogP contribution in [0.2, 0.25) is 0 Å². The quantitative estimate of drug-likeness (QED) is 0.373. The zero-order chi connectivity index (χ0) is 10.1. The van der Waals surface area contributed by atoms with E-state index in [0.717, 1.165) is 19.1 Å². The van der Waals surface area contributed by atoms with Crippen molar-refractivity contribution in [2.45, 2.75) is 26.2 Å². The van der Waals surface area contributed by atoms with Gasteiger partial charge in [-0.25, -0.2) is 4.79 Å². The number of rotatable bonds is 6. The van der Waals surface area contributed by atoms with Gasteiger partial charge in [-0.1, -0.05) is 13.3 Å². The summed E-state index contributed by atoms with van der Waals surface area (Å²) in [6.45, 7) is 1.77. The Hall–Kier alpha value is -1.03. The van der Waals surface area contributed by atoms with E-state index < -0.39 is 5.97 Å². The van der Waals surface area contributed by atoms with Gasteiger partial charge in [-0.3, -0.25) is 0 Å². The zero-order valence-corrected chi connectivity index (χ0v) is 7.82. The second kappa shape index (κ2) is 7.61. The first-order chi connectivity index (χ1) is 6.26. The predicted molar refractivity (Wildman–Crippen MR) is 48.3 cm³/mol. The van der Waals surface area contributed by atoms with Crippen LogP contribution in [0.25, 0.3) is 0 Å². The number of ether oxygens (including phenoxy) is 1. The molecule has 13 heavy (non-hydrogen) atoms. The van der Waals surface area contributed by atoms with Crippen LogP contribution in [-0.2, 0) is 9.53 Å². The third kappa shape index (κ3) is 5.25. The summed E-state index contributed by atoms with van der Waals surface area (Å²) >= 11 is 0. The fourth-order valence-electron chi connectivity index (χ4n) is 0.818. The minimum absolute atomic E-state index is 0.0255. The highest BCUT2D eigenvalue weighted by atomic mass is 16.5. The number of carbonyl (C=O) groups is 1. The Morgan fingerprint density at radius 1 is 1.54 bits per heavy atom. The lowest BCUT2D eigenvalue weighted by Gasteiger charge is -2.04. The number of aliphatic hydroxyl groups excluding tert-OH is 2. The molecular weight excluding hydrogens is 172 g/mol. The van der Waals surface area contributed by atoms with Crippen molar-refractivity contribution in [3.8, 4) is 0 Å². The molecule has 2 N–H and O–H groups in total. The molecule has 0 radical (unpaired) electrons. The first-order valence-electron chi connectivity index (χ1n) is 4.37. The lowest BCUT2D eigenvalue weighted by molar-refractivity contribution is -0.140. The van der Waals surface area contributed by atoms with Gasteiger partial charge in [0.1, 0.15) is 6.61 Å². The van der Waals surface area contributed by atoms with Gasteiger partial charge in [0.2, 0.25) is 0 Å². The maximum atomic E-state index is 11.1. The Labute approximate surface area is 77.8 Å². The fourth-order valence-corrected chi connectivity index (χ4v) is 0.818. The van der Waals surface area contributed by atoms with Gasteiger partial charge in [0.05, 0.1) is 18.4 Å². The van der Waals surface area contributed by atoms with Crippen LogP contribution in [0.3, 0.4) is 0 Å². The van der Waals surface area contributed by atoms with Gasteiger partial charge < -0.3 is 14.9 Å². The Morgan fingerprint density at radius 3 is 2.69 bits per heavy atom. The number of carbonyl (C=O) groups excluding carboxylic acids is 1. The maximum Gasteiger partial charge on any atom is 0.337 e. The highest BCUT2D eigenvalue weighted by Gasteiger charge is 2.09. The number of hydrogen-bond acceptors (Lipinski definition) is 4. The molecule has 0 amide bonds. The molecule has 0 rings (SSSR count). The summed E-state index contributed by atoms with van der Waals surface area (Å²) in [6, 6.07) is 0. The van der Waals surface area contributed by atoms with Crippen molar-refractivity contribution in [3.63, 3.8) is 0 Å².